The fourth-order valence-corrected chi connectivity index (χ4v) is 4.19. The molecule has 5 heteroatoms. The van der Waals surface area contributed by atoms with Crippen LogP contribution in [0.5, 0.6) is 11.5 Å². The first-order chi connectivity index (χ1) is 11.6. The minimum atomic E-state index is 0.267. The topological polar surface area (TPSA) is 54.3 Å². The Bertz CT molecular complexity index is 627. The standard InChI is InChI=1S/C19H28N2O3/c1-12(2)7-14-11-21-6-5-13-8-18(23-3)19(24-4)9-15(13)17(21)10-16(14)20-22/h8-9,12,14,17,22H,5-7,10-11H2,1-4H3/b20-16-/t14-,17-/m1/s1. The van der Waals surface area contributed by atoms with Crippen molar-refractivity contribution >= 4 is 5.71 Å². The number of hydrogen-bond donors (Lipinski definition) is 1. The van der Waals surface area contributed by atoms with Gasteiger partial charge < -0.3 is 14.7 Å². The first-order valence-electron chi connectivity index (χ1n) is 8.77. The molecule has 0 aromatic heterocycles. The Morgan fingerprint density at radius 3 is 2.58 bits per heavy atom. The SMILES string of the molecule is COc1cc2c(cc1OC)[C@H]1C/C(=N/O)[C@H](CC(C)C)CN1CC2. The first-order valence-corrected chi connectivity index (χ1v) is 8.77. The van der Waals surface area contributed by atoms with Crippen LogP contribution in [0.3, 0.4) is 0 Å². The molecule has 5 nitrogen and oxygen atoms in total. The Hall–Kier alpha value is -1.75. The van der Waals surface area contributed by atoms with Gasteiger partial charge in [0.25, 0.3) is 0 Å². The molecule has 0 amide bonds. The number of hydrogen-bond acceptors (Lipinski definition) is 5. The number of ether oxygens (including phenoxy) is 2. The molecule has 0 unspecified atom stereocenters. The number of nitrogens with zero attached hydrogens (tertiary/aromatic N) is 2. The molecule has 0 saturated carbocycles. The van der Waals surface area contributed by atoms with Crippen LogP contribution >= 0.6 is 0 Å². The smallest absolute Gasteiger partial charge is 0.161 e. The summed E-state index contributed by atoms with van der Waals surface area (Å²) in [4.78, 5) is 2.54. The fourth-order valence-electron chi connectivity index (χ4n) is 4.19. The van der Waals surface area contributed by atoms with Crippen molar-refractivity contribution in [1.82, 2.24) is 4.90 Å². The summed E-state index contributed by atoms with van der Waals surface area (Å²) in [5.74, 6) is 2.51. The second-order valence-electron chi connectivity index (χ2n) is 7.29. The number of fused-ring (bicyclic) bond motifs is 3. The summed E-state index contributed by atoms with van der Waals surface area (Å²) >= 11 is 0. The lowest BCUT2D eigenvalue weighted by molar-refractivity contribution is 0.143. The zero-order valence-corrected chi connectivity index (χ0v) is 15.1. The largest absolute Gasteiger partial charge is 0.493 e. The lowest BCUT2D eigenvalue weighted by Crippen LogP contribution is -2.46. The van der Waals surface area contributed by atoms with Gasteiger partial charge in [-0.05, 0) is 42.0 Å². The third-order valence-corrected chi connectivity index (χ3v) is 5.33. The van der Waals surface area contributed by atoms with Gasteiger partial charge in [0, 0.05) is 31.5 Å². The predicted molar refractivity (Wildman–Crippen MR) is 94.3 cm³/mol. The molecule has 0 bridgehead atoms. The van der Waals surface area contributed by atoms with E-state index in [2.05, 4.69) is 36.0 Å². The van der Waals surface area contributed by atoms with Crippen molar-refractivity contribution in [1.29, 1.82) is 0 Å². The van der Waals surface area contributed by atoms with E-state index in [0.717, 1.165) is 49.6 Å². The molecule has 0 radical (unpaired) electrons. The molecule has 2 atom stereocenters. The molecule has 3 rings (SSSR count). The van der Waals surface area contributed by atoms with Crippen LogP contribution in [-0.2, 0) is 6.42 Å². The van der Waals surface area contributed by atoms with Gasteiger partial charge in [0.2, 0.25) is 0 Å². The van der Waals surface area contributed by atoms with Gasteiger partial charge in [0.05, 0.1) is 19.9 Å². The minimum Gasteiger partial charge on any atom is -0.493 e. The number of benzene rings is 1. The fraction of sp³-hybridized carbons (Fsp3) is 0.632. The molecule has 2 aliphatic rings. The lowest BCUT2D eigenvalue weighted by Gasteiger charge is -2.44. The molecule has 1 aromatic rings. The Morgan fingerprint density at radius 1 is 1.25 bits per heavy atom. The van der Waals surface area contributed by atoms with Gasteiger partial charge in [0.1, 0.15) is 0 Å². The van der Waals surface area contributed by atoms with Crippen molar-refractivity contribution in [2.75, 3.05) is 27.3 Å². The number of piperidine rings is 1. The van der Waals surface area contributed by atoms with Crippen molar-refractivity contribution < 1.29 is 14.7 Å². The molecular weight excluding hydrogens is 304 g/mol. The maximum atomic E-state index is 9.52. The van der Waals surface area contributed by atoms with Crippen molar-refractivity contribution in [3.05, 3.63) is 23.3 Å². The quantitative estimate of drug-likeness (QED) is 0.677. The summed E-state index contributed by atoms with van der Waals surface area (Å²) in [5, 5.41) is 13.2. The van der Waals surface area contributed by atoms with Crippen LogP contribution in [0.25, 0.3) is 0 Å². The normalized spacial score (nSPS) is 25.5. The van der Waals surface area contributed by atoms with E-state index in [4.69, 9.17) is 9.47 Å². The van der Waals surface area contributed by atoms with Gasteiger partial charge in [-0.1, -0.05) is 19.0 Å². The van der Waals surface area contributed by atoms with E-state index < -0.39 is 0 Å². The van der Waals surface area contributed by atoms with Crippen molar-refractivity contribution in [2.24, 2.45) is 17.0 Å². The van der Waals surface area contributed by atoms with Crippen LogP contribution in [0.15, 0.2) is 17.3 Å². The molecule has 132 valence electrons. The van der Waals surface area contributed by atoms with Crippen LogP contribution < -0.4 is 9.47 Å². The Labute approximate surface area is 144 Å². The summed E-state index contributed by atoms with van der Waals surface area (Å²) in [6.45, 7) is 6.46. The second-order valence-corrected chi connectivity index (χ2v) is 7.29. The third-order valence-electron chi connectivity index (χ3n) is 5.33. The highest BCUT2D eigenvalue weighted by molar-refractivity contribution is 5.88. The zero-order chi connectivity index (χ0) is 17.3. The Kier molecular flexibility index (Phi) is 4.99. The van der Waals surface area contributed by atoms with E-state index in [0.29, 0.717) is 11.8 Å². The van der Waals surface area contributed by atoms with Crippen LogP contribution in [0.4, 0.5) is 0 Å². The van der Waals surface area contributed by atoms with Gasteiger partial charge in [-0.2, -0.15) is 0 Å². The van der Waals surface area contributed by atoms with Gasteiger partial charge >= 0.3 is 0 Å². The van der Waals surface area contributed by atoms with Crippen molar-refractivity contribution in [2.45, 2.75) is 39.2 Å². The molecule has 1 saturated heterocycles. The van der Waals surface area contributed by atoms with E-state index in [9.17, 15) is 5.21 Å². The van der Waals surface area contributed by atoms with E-state index in [-0.39, 0.29) is 6.04 Å². The third kappa shape index (κ3) is 3.09. The lowest BCUT2D eigenvalue weighted by atomic mass is 9.79. The molecule has 0 aliphatic carbocycles. The number of rotatable bonds is 4. The van der Waals surface area contributed by atoms with Gasteiger partial charge in [0.15, 0.2) is 11.5 Å². The first kappa shape index (κ1) is 17.1. The minimum absolute atomic E-state index is 0.267. The summed E-state index contributed by atoms with van der Waals surface area (Å²) in [6, 6.07) is 4.47. The average molecular weight is 332 g/mol. The molecular formula is C19H28N2O3. The van der Waals surface area contributed by atoms with E-state index in [1.807, 2.05) is 0 Å². The van der Waals surface area contributed by atoms with Crippen LogP contribution in [0.1, 0.15) is 43.9 Å². The Balaban J connectivity index is 1.92. The van der Waals surface area contributed by atoms with Gasteiger partial charge in [-0.3, -0.25) is 4.90 Å². The molecule has 1 fully saturated rings. The maximum Gasteiger partial charge on any atom is 0.161 e. The van der Waals surface area contributed by atoms with E-state index in [1.165, 1.54) is 11.1 Å². The van der Waals surface area contributed by atoms with E-state index in [1.54, 1.807) is 14.2 Å². The zero-order valence-electron chi connectivity index (χ0n) is 15.1. The predicted octanol–water partition coefficient (Wildman–Crippen LogP) is 3.50. The highest BCUT2D eigenvalue weighted by atomic mass is 16.5. The van der Waals surface area contributed by atoms with Gasteiger partial charge in [-0.15, -0.1) is 0 Å². The van der Waals surface area contributed by atoms with Crippen LogP contribution in [0, 0.1) is 11.8 Å². The summed E-state index contributed by atoms with van der Waals surface area (Å²) in [5.41, 5.74) is 3.53. The molecule has 24 heavy (non-hydrogen) atoms. The van der Waals surface area contributed by atoms with E-state index >= 15 is 0 Å². The summed E-state index contributed by atoms with van der Waals surface area (Å²) in [6.07, 6.45) is 2.88. The highest BCUT2D eigenvalue weighted by Crippen LogP contribution is 2.42. The van der Waals surface area contributed by atoms with Crippen molar-refractivity contribution in [3.8, 4) is 11.5 Å². The summed E-state index contributed by atoms with van der Waals surface area (Å²) < 4.78 is 10.9. The molecule has 2 aliphatic heterocycles. The highest BCUT2D eigenvalue weighted by Gasteiger charge is 2.37. The van der Waals surface area contributed by atoms with Crippen molar-refractivity contribution in [3.63, 3.8) is 0 Å². The molecule has 1 aromatic carbocycles. The van der Waals surface area contributed by atoms with Gasteiger partial charge in [-0.25, -0.2) is 0 Å². The number of oxime groups is 1. The average Bonchev–Trinajstić information content (AvgIpc) is 2.59. The Morgan fingerprint density at radius 2 is 1.96 bits per heavy atom. The van der Waals surface area contributed by atoms with Crippen LogP contribution in [0.2, 0.25) is 0 Å². The second kappa shape index (κ2) is 7.01. The monoisotopic (exact) mass is 332 g/mol. The molecule has 2 heterocycles. The number of methoxy groups -OCH3 is 2. The molecule has 0 spiro atoms. The molecule has 1 N–H and O–H groups in total. The summed E-state index contributed by atoms with van der Waals surface area (Å²) in [7, 11) is 3.35. The maximum absolute atomic E-state index is 9.52. The van der Waals surface area contributed by atoms with Crippen LogP contribution in [-0.4, -0.2) is 43.1 Å².